The average molecular weight is 215 g/mol. The van der Waals surface area contributed by atoms with Gasteiger partial charge in [-0.25, -0.2) is 4.39 Å². The van der Waals surface area contributed by atoms with Crippen LogP contribution in [0.5, 0.6) is 5.75 Å². The summed E-state index contributed by atoms with van der Waals surface area (Å²) in [6, 6.07) is 4.48. The van der Waals surface area contributed by atoms with Crippen molar-refractivity contribution in [3.8, 4) is 5.75 Å². The Morgan fingerprint density at radius 2 is 2.06 bits per heavy atom. The van der Waals surface area contributed by atoms with Crippen LogP contribution in [0.3, 0.4) is 0 Å². The molecular formula is C13H10FNO. The van der Waals surface area contributed by atoms with Gasteiger partial charge in [0.15, 0.2) is 0 Å². The molecule has 2 atom stereocenters. The lowest BCUT2D eigenvalue weighted by Crippen LogP contribution is -2.27. The minimum absolute atomic E-state index is 0.0135. The number of rotatable bonds is 0. The van der Waals surface area contributed by atoms with Gasteiger partial charge in [0.2, 0.25) is 0 Å². The molecule has 0 amide bonds. The predicted molar refractivity (Wildman–Crippen MR) is 60.5 cm³/mol. The highest BCUT2D eigenvalue weighted by Gasteiger charge is 2.22. The highest BCUT2D eigenvalue weighted by atomic mass is 19.1. The Hall–Kier alpha value is -1.90. The molecule has 80 valence electrons. The normalized spacial score (nSPS) is 25.6. The molecule has 1 aliphatic heterocycles. The fourth-order valence-corrected chi connectivity index (χ4v) is 1.85. The molecule has 3 rings (SSSR count). The Morgan fingerprint density at radius 1 is 1.19 bits per heavy atom. The number of halogens is 1. The first-order valence-corrected chi connectivity index (χ1v) is 5.17. The zero-order valence-corrected chi connectivity index (χ0v) is 8.51. The first kappa shape index (κ1) is 9.33. The summed E-state index contributed by atoms with van der Waals surface area (Å²) in [6.07, 6.45) is 9.37. The van der Waals surface area contributed by atoms with E-state index in [2.05, 4.69) is 4.99 Å². The van der Waals surface area contributed by atoms with Gasteiger partial charge in [-0.05, 0) is 18.2 Å². The van der Waals surface area contributed by atoms with Crippen LogP contribution < -0.4 is 4.74 Å². The van der Waals surface area contributed by atoms with Crippen LogP contribution in [0.4, 0.5) is 4.39 Å². The second kappa shape index (κ2) is 3.59. The maximum absolute atomic E-state index is 13.1. The number of benzene rings is 1. The van der Waals surface area contributed by atoms with Crippen molar-refractivity contribution in [2.24, 2.45) is 4.99 Å². The Balaban J connectivity index is 2.04. The smallest absolute Gasteiger partial charge is 0.143 e. The molecule has 2 unspecified atom stereocenters. The molecule has 3 heteroatoms. The van der Waals surface area contributed by atoms with Crippen molar-refractivity contribution in [3.63, 3.8) is 0 Å². The van der Waals surface area contributed by atoms with E-state index in [-0.39, 0.29) is 18.0 Å². The standard InChI is InChI=1S/C13H10FNO/c14-10-6-5-9-8-15-11-3-1-2-4-12(11)16-13(9)7-10/h1-8,11-12H. The molecule has 2 nitrogen and oxygen atoms in total. The Morgan fingerprint density at radius 3 is 3.00 bits per heavy atom. The molecule has 0 spiro atoms. The highest BCUT2D eigenvalue weighted by Crippen LogP contribution is 2.25. The third kappa shape index (κ3) is 1.54. The lowest BCUT2D eigenvalue weighted by Gasteiger charge is -2.20. The molecule has 0 bridgehead atoms. The van der Waals surface area contributed by atoms with Crippen LogP contribution in [0.15, 0.2) is 47.5 Å². The van der Waals surface area contributed by atoms with Crippen LogP contribution in [-0.4, -0.2) is 18.4 Å². The van der Waals surface area contributed by atoms with Gasteiger partial charge in [-0.1, -0.05) is 18.2 Å². The van der Waals surface area contributed by atoms with E-state index in [1.807, 2.05) is 24.3 Å². The molecule has 2 aliphatic rings. The Kier molecular flexibility index (Phi) is 2.10. The maximum atomic E-state index is 13.1. The fourth-order valence-electron chi connectivity index (χ4n) is 1.85. The summed E-state index contributed by atoms with van der Waals surface area (Å²) in [7, 11) is 0. The van der Waals surface area contributed by atoms with Crippen LogP contribution in [0.1, 0.15) is 5.56 Å². The molecule has 16 heavy (non-hydrogen) atoms. The molecule has 0 radical (unpaired) electrons. The van der Waals surface area contributed by atoms with E-state index < -0.39 is 0 Å². The number of allylic oxidation sites excluding steroid dienone is 2. The zero-order valence-electron chi connectivity index (χ0n) is 8.51. The lowest BCUT2D eigenvalue weighted by molar-refractivity contribution is 0.235. The van der Waals surface area contributed by atoms with Gasteiger partial charge in [-0.2, -0.15) is 0 Å². The summed E-state index contributed by atoms with van der Waals surface area (Å²) < 4.78 is 18.8. The van der Waals surface area contributed by atoms with E-state index in [1.54, 1.807) is 12.3 Å². The van der Waals surface area contributed by atoms with Gasteiger partial charge >= 0.3 is 0 Å². The summed E-state index contributed by atoms with van der Waals surface area (Å²) in [5.74, 6) is 0.261. The summed E-state index contributed by atoms with van der Waals surface area (Å²) in [4.78, 5) is 4.41. The summed E-state index contributed by atoms with van der Waals surface area (Å²) in [5.41, 5.74) is 0.817. The molecule has 0 fully saturated rings. The van der Waals surface area contributed by atoms with E-state index in [0.29, 0.717) is 5.75 Å². The molecular weight excluding hydrogens is 205 g/mol. The molecule has 0 aromatic heterocycles. The van der Waals surface area contributed by atoms with Gasteiger partial charge in [0.25, 0.3) is 0 Å². The molecule has 1 heterocycles. The number of hydrogen-bond donors (Lipinski definition) is 0. The lowest BCUT2D eigenvalue weighted by atomic mass is 10.1. The zero-order chi connectivity index (χ0) is 11.0. The molecule has 1 aliphatic carbocycles. The summed E-state index contributed by atoms with van der Waals surface area (Å²) in [6.45, 7) is 0. The van der Waals surface area contributed by atoms with E-state index >= 15 is 0 Å². The summed E-state index contributed by atoms with van der Waals surface area (Å²) in [5, 5.41) is 0. The highest BCUT2D eigenvalue weighted by molar-refractivity contribution is 5.84. The van der Waals surface area contributed by atoms with Gasteiger partial charge in [0.05, 0.1) is 0 Å². The van der Waals surface area contributed by atoms with Crippen molar-refractivity contribution in [1.82, 2.24) is 0 Å². The van der Waals surface area contributed by atoms with Gasteiger partial charge in [-0.3, -0.25) is 4.99 Å². The van der Waals surface area contributed by atoms with E-state index in [0.717, 1.165) is 5.56 Å². The number of nitrogens with zero attached hydrogens (tertiary/aromatic N) is 1. The van der Waals surface area contributed by atoms with Gasteiger partial charge in [0.1, 0.15) is 23.7 Å². The Bertz CT molecular complexity index is 505. The fraction of sp³-hybridized carbons (Fsp3) is 0.154. The van der Waals surface area contributed by atoms with Crippen molar-refractivity contribution in [2.45, 2.75) is 12.1 Å². The second-order valence-corrected chi connectivity index (χ2v) is 3.80. The van der Waals surface area contributed by atoms with Crippen molar-refractivity contribution < 1.29 is 9.13 Å². The SMILES string of the molecule is Fc1ccc2c(c1)OC1C=CC=CC1N=C2. The number of hydrogen-bond acceptors (Lipinski definition) is 2. The van der Waals surface area contributed by atoms with Gasteiger partial charge < -0.3 is 4.74 Å². The first-order chi connectivity index (χ1) is 7.83. The minimum atomic E-state index is -0.291. The van der Waals surface area contributed by atoms with Crippen molar-refractivity contribution in [3.05, 3.63) is 53.9 Å². The van der Waals surface area contributed by atoms with Crippen molar-refractivity contribution in [2.75, 3.05) is 0 Å². The molecule has 1 aromatic carbocycles. The predicted octanol–water partition coefficient (Wildman–Crippen LogP) is 2.50. The van der Waals surface area contributed by atoms with E-state index in [9.17, 15) is 4.39 Å². The largest absolute Gasteiger partial charge is 0.483 e. The van der Waals surface area contributed by atoms with Crippen LogP contribution in [-0.2, 0) is 0 Å². The first-order valence-electron chi connectivity index (χ1n) is 5.17. The van der Waals surface area contributed by atoms with Crippen LogP contribution in [0, 0.1) is 5.82 Å². The quantitative estimate of drug-likeness (QED) is 0.651. The van der Waals surface area contributed by atoms with Gasteiger partial charge in [-0.15, -0.1) is 0 Å². The average Bonchev–Trinajstić information content (AvgIpc) is 2.47. The molecule has 0 N–H and O–H groups in total. The number of aliphatic imine (C=N–C) groups is 1. The van der Waals surface area contributed by atoms with Crippen molar-refractivity contribution in [1.29, 1.82) is 0 Å². The van der Waals surface area contributed by atoms with Crippen LogP contribution in [0.2, 0.25) is 0 Å². The van der Waals surface area contributed by atoms with E-state index in [4.69, 9.17) is 4.74 Å². The van der Waals surface area contributed by atoms with Crippen LogP contribution >= 0.6 is 0 Å². The monoisotopic (exact) mass is 215 g/mol. The van der Waals surface area contributed by atoms with Crippen LogP contribution in [0.25, 0.3) is 0 Å². The third-order valence-corrected chi connectivity index (χ3v) is 2.68. The maximum Gasteiger partial charge on any atom is 0.143 e. The second-order valence-electron chi connectivity index (χ2n) is 3.80. The van der Waals surface area contributed by atoms with E-state index in [1.165, 1.54) is 12.1 Å². The molecule has 0 saturated carbocycles. The summed E-state index contributed by atoms with van der Waals surface area (Å²) >= 11 is 0. The topological polar surface area (TPSA) is 21.6 Å². The molecule has 0 saturated heterocycles. The number of fused-ring (bicyclic) bond motifs is 2. The van der Waals surface area contributed by atoms with Gasteiger partial charge in [0, 0.05) is 17.8 Å². The minimum Gasteiger partial charge on any atom is -0.483 e. The third-order valence-electron chi connectivity index (χ3n) is 2.68. The molecule has 1 aromatic rings. The van der Waals surface area contributed by atoms with Crippen molar-refractivity contribution >= 4 is 6.21 Å². The Labute approximate surface area is 92.8 Å². The number of ether oxygens (including phenoxy) is 1.